The van der Waals surface area contributed by atoms with Crippen LogP contribution in [0.15, 0.2) is 134 Å². The fraction of sp³-hybridized carbons (Fsp3) is 0.358. The largest absolute Gasteiger partial charge is 0.497 e. The molecule has 0 radical (unpaired) electrons. The number of non-ortho nitro benzene ring substituents is 1. The van der Waals surface area contributed by atoms with E-state index >= 15 is 4.79 Å². The number of ether oxygens (including phenoxy) is 2. The third-order valence-corrected chi connectivity index (χ3v) is 19.8. The van der Waals surface area contributed by atoms with Crippen molar-refractivity contribution in [2.75, 3.05) is 48.2 Å². The normalized spacial score (nSPS) is 22.4. The van der Waals surface area contributed by atoms with E-state index in [-0.39, 0.29) is 42.1 Å². The van der Waals surface area contributed by atoms with Gasteiger partial charge in [0.25, 0.3) is 17.5 Å². The Bertz CT molecular complexity index is 2860. The van der Waals surface area contributed by atoms with Gasteiger partial charge in [0.15, 0.2) is 5.60 Å². The minimum Gasteiger partial charge on any atom is -0.497 e. The van der Waals surface area contributed by atoms with Gasteiger partial charge in [-0.3, -0.25) is 29.3 Å². The lowest BCUT2D eigenvalue weighted by molar-refractivity contribution is -0.385. The number of rotatable bonds is 14. The number of aryl methyl sites for hydroxylation is 1. The highest BCUT2D eigenvalue weighted by Crippen LogP contribution is 2.60. The lowest BCUT2D eigenvalue weighted by Crippen LogP contribution is -2.55. The standard InChI is InChI=1S/C53H58N8O7Si/c1-36-49(69(3,4)43-21-19-42(67-2)20-22-43)48(24-29-57-33-46(55-56-57)44(34-62)38-13-7-5-8-14-38)68-53(36)45-31-41(61(65)66)18-23-47(45)58(51(53)64)32-37-12-11-17-40(30-37)59-35-60(39-15-9-6-10-16-39)52(50(59)63)25-27-54-28-26-52/h5-23,30-31,33,36,44,48-49,54,62H,24-29,32,34-35H2,1-4H3/t36-,44?,48+,49-,53+/m1/s1. The third-order valence-electron chi connectivity index (χ3n) is 15.5. The third kappa shape index (κ3) is 7.88. The summed E-state index contributed by atoms with van der Waals surface area (Å²) < 4.78 is 14.7. The number of carbonyl (C=O) groups excluding carboxylic acids is 2. The number of nitrogens with one attached hydrogen (secondary N) is 1. The molecule has 4 aliphatic heterocycles. The molecule has 15 nitrogen and oxygen atoms in total. The van der Waals surface area contributed by atoms with E-state index in [1.54, 1.807) is 22.8 Å². The van der Waals surface area contributed by atoms with E-state index in [4.69, 9.17) is 9.47 Å². The molecule has 2 N–H and O–H groups in total. The molecule has 356 valence electrons. The number of nitro benzene ring substituents is 1. The van der Waals surface area contributed by atoms with E-state index in [0.29, 0.717) is 49.4 Å². The summed E-state index contributed by atoms with van der Waals surface area (Å²) in [7, 11) is -0.929. The fourth-order valence-electron chi connectivity index (χ4n) is 11.9. The van der Waals surface area contributed by atoms with Crippen LogP contribution in [0.5, 0.6) is 5.75 Å². The maximum Gasteiger partial charge on any atom is 0.269 e. The van der Waals surface area contributed by atoms with Gasteiger partial charge in [0, 0.05) is 47.7 Å². The summed E-state index contributed by atoms with van der Waals surface area (Å²) >= 11 is 0. The molecule has 0 bridgehead atoms. The maximum atomic E-state index is 15.7. The number of methoxy groups -OCH3 is 1. The van der Waals surface area contributed by atoms with Crippen molar-refractivity contribution in [3.05, 3.63) is 166 Å². The quantitative estimate of drug-likeness (QED) is 0.0649. The van der Waals surface area contributed by atoms with Crippen molar-refractivity contribution in [3.8, 4) is 5.75 Å². The number of hydrogen-bond donors (Lipinski definition) is 2. The van der Waals surface area contributed by atoms with Crippen molar-refractivity contribution >= 4 is 47.8 Å². The Morgan fingerprint density at radius 1 is 0.913 bits per heavy atom. The monoisotopic (exact) mass is 946 g/mol. The van der Waals surface area contributed by atoms with Gasteiger partial charge in [-0.2, -0.15) is 0 Å². The summed E-state index contributed by atoms with van der Waals surface area (Å²) in [5, 5.41) is 36.5. The Kier molecular flexibility index (Phi) is 12.2. The number of hydrogen-bond acceptors (Lipinski definition) is 11. The highest BCUT2D eigenvalue weighted by atomic mass is 28.3. The highest BCUT2D eigenvalue weighted by Gasteiger charge is 2.66. The van der Waals surface area contributed by atoms with Crippen molar-refractivity contribution in [2.45, 2.75) is 81.1 Å². The summed E-state index contributed by atoms with van der Waals surface area (Å²) in [6.45, 7) is 8.97. The number of aliphatic hydroxyl groups is 1. The average Bonchev–Trinajstić information content (AvgIpc) is 4.10. The molecular weight excluding hydrogens is 889 g/mol. The number of anilines is 3. The molecule has 1 unspecified atom stereocenters. The van der Waals surface area contributed by atoms with Gasteiger partial charge in [-0.1, -0.05) is 103 Å². The van der Waals surface area contributed by atoms with Crippen molar-refractivity contribution in [2.24, 2.45) is 5.92 Å². The minimum absolute atomic E-state index is 0.0549. The first-order valence-electron chi connectivity index (χ1n) is 23.8. The molecule has 69 heavy (non-hydrogen) atoms. The van der Waals surface area contributed by atoms with E-state index in [0.717, 1.165) is 46.5 Å². The summed E-state index contributed by atoms with van der Waals surface area (Å²) in [4.78, 5) is 48.3. The van der Waals surface area contributed by atoms with Crippen LogP contribution in [0.2, 0.25) is 18.6 Å². The van der Waals surface area contributed by atoms with Gasteiger partial charge in [-0.15, -0.1) is 5.10 Å². The molecule has 3 saturated heterocycles. The lowest BCUT2D eigenvalue weighted by atomic mass is 9.82. The molecule has 2 amide bonds. The first kappa shape index (κ1) is 46.0. The first-order valence-corrected chi connectivity index (χ1v) is 26.9. The topological polar surface area (TPSA) is 168 Å². The van der Waals surface area contributed by atoms with Gasteiger partial charge in [0.05, 0.1) is 63.3 Å². The van der Waals surface area contributed by atoms with Gasteiger partial charge >= 0.3 is 0 Å². The molecule has 5 aromatic carbocycles. The number of nitrogens with zero attached hydrogens (tertiary/aromatic N) is 7. The van der Waals surface area contributed by atoms with Crippen LogP contribution < -0.4 is 29.9 Å². The van der Waals surface area contributed by atoms with Gasteiger partial charge in [-0.05, 0) is 91.5 Å². The minimum atomic E-state index is -2.57. The predicted molar refractivity (Wildman–Crippen MR) is 266 cm³/mol. The molecule has 3 fully saturated rings. The van der Waals surface area contributed by atoms with Crippen molar-refractivity contribution in [3.63, 3.8) is 0 Å². The van der Waals surface area contributed by atoms with Crippen molar-refractivity contribution < 1.29 is 29.1 Å². The van der Waals surface area contributed by atoms with Crippen LogP contribution in [0.4, 0.5) is 22.7 Å². The van der Waals surface area contributed by atoms with E-state index in [1.807, 2.05) is 96.0 Å². The first-order chi connectivity index (χ1) is 33.4. The molecule has 5 heterocycles. The van der Waals surface area contributed by atoms with Crippen LogP contribution in [0.25, 0.3) is 0 Å². The Morgan fingerprint density at radius 3 is 2.32 bits per heavy atom. The van der Waals surface area contributed by atoms with Gasteiger partial charge < -0.3 is 29.7 Å². The molecule has 10 rings (SSSR count). The number of piperidine rings is 1. The zero-order valence-electron chi connectivity index (χ0n) is 39.4. The van der Waals surface area contributed by atoms with Crippen LogP contribution in [0.3, 0.4) is 0 Å². The number of carbonyl (C=O) groups is 2. The summed E-state index contributed by atoms with van der Waals surface area (Å²) in [6.07, 6.45) is 3.23. The lowest BCUT2D eigenvalue weighted by Gasteiger charge is -2.39. The van der Waals surface area contributed by atoms with Gasteiger partial charge in [0.1, 0.15) is 11.3 Å². The second kappa shape index (κ2) is 18.3. The average molecular weight is 947 g/mol. The number of para-hydroxylation sites is 1. The highest BCUT2D eigenvalue weighted by molar-refractivity contribution is 6.91. The Hall–Kier alpha value is -6.72. The van der Waals surface area contributed by atoms with Crippen LogP contribution >= 0.6 is 0 Å². The Morgan fingerprint density at radius 2 is 1.62 bits per heavy atom. The number of aliphatic hydroxyl groups excluding tert-OH is 1. The van der Waals surface area contributed by atoms with E-state index in [9.17, 15) is 20.0 Å². The van der Waals surface area contributed by atoms with Crippen LogP contribution in [0, 0.1) is 16.0 Å². The molecule has 2 spiro atoms. The van der Waals surface area contributed by atoms with Crippen LogP contribution in [-0.2, 0) is 33.0 Å². The van der Waals surface area contributed by atoms with Gasteiger partial charge in [-0.25, -0.2) is 0 Å². The molecule has 5 atom stereocenters. The molecule has 4 aliphatic rings. The Balaban J connectivity index is 0.996. The van der Waals surface area contributed by atoms with E-state index in [2.05, 4.69) is 64.8 Å². The summed E-state index contributed by atoms with van der Waals surface area (Å²) in [5.74, 6) is -0.237. The number of amides is 2. The number of fused-ring (bicyclic) bond motifs is 2. The van der Waals surface area contributed by atoms with Gasteiger partial charge in [0.2, 0.25) is 0 Å². The van der Waals surface area contributed by atoms with E-state index < -0.39 is 36.2 Å². The zero-order valence-corrected chi connectivity index (χ0v) is 40.4. The SMILES string of the molecule is COc1ccc([Si](C)(C)[C@H]2[C@H](CCn3cc(C(CO)c4ccccc4)nn3)O[C@@]3(C(=O)N(Cc4cccc(N5CN(c6ccccc6)C6(CCNCC6)C5=O)c4)c4ccc([N+](=O)[O-])cc43)[C@@H]2C)cc1. The number of benzene rings is 5. The van der Waals surface area contributed by atoms with E-state index in [1.165, 1.54) is 12.1 Å². The summed E-state index contributed by atoms with van der Waals surface area (Å²) in [5.41, 5.74) is 2.67. The van der Waals surface area contributed by atoms with Crippen LogP contribution in [0.1, 0.15) is 54.5 Å². The van der Waals surface area contributed by atoms with Crippen molar-refractivity contribution in [1.82, 2.24) is 20.3 Å². The maximum absolute atomic E-state index is 15.7. The second-order valence-corrected chi connectivity index (χ2v) is 24.1. The number of nitro groups is 1. The number of aromatic nitrogens is 3. The molecule has 6 aromatic rings. The van der Waals surface area contributed by atoms with Crippen LogP contribution in [-0.4, -0.2) is 90.0 Å². The molecule has 1 aromatic heterocycles. The van der Waals surface area contributed by atoms with Crippen molar-refractivity contribution in [1.29, 1.82) is 0 Å². The fourth-order valence-corrected chi connectivity index (χ4v) is 16.0. The molecular formula is C53H58N8O7Si. The predicted octanol–water partition coefficient (Wildman–Crippen LogP) is 7.11. The smallest absolute Gasteiger partial charge is 0.269 e. The molecule has 16 heteroatoms. The molecule has 0 aliphatic carbocycles. The second-order valence-electron chi connectivity index (χ2n) is 19.4. The summed E-state index contributed by atoms with van der Waals surface area (Å²) in [6, 6.07) is 40.4. The molecule has 0 saturated carbocycles. The Labute approximate surface area is 402 Å². The zero-order chi connectivity index (χ0) is 48.1.